The van der Waals surface area contributed by atoms with Gasteiger partial charge in [-0.15, -0.1) is 0 Å². The molecule has 0 bridgehead atoms. The molecule has 6 heteroatoms. The molecule has 3 rings (SSSR count). The van der Waals surface area contributed by atoms with E-state index < -0.39 is 10.0 Å². The summed E-state index contributed by atoms with van der Waals surface area (Å²) in [4.78, 5) is 4.52. The van der Waals surface area contributed by atoms with Crippen LogP contribution >= 0.6 is 0 Å². The molecule has 1 saturated heterocycles. The number of benzene rings is 1. The number of fused-ring (bicyclic) bond motifs is 1. The first-order valence-electron chi connectivity index (χ1n) is 6.99. The van der Waals surface area contributed by atoms with Gasteiger partial charge in [0.15, 0.2) is 0 Å². The summed E-state index contributed by atoms with van der Waals surface area (Å²) in [7, 11) is -3.56. The fourth-order valence-corrected chi connectivity index (χ4v) is 3.80. The number of ether oxygens (including phenoxy) is 1. The number of hydrogen-bond donors (Lipinski definition) is 1. The smallest absolute Gasteiger partial charge is 0.242 e. The monoisotopic (exact) mass is 306 g/mol. The molecule has 1 aromatic carbocycles. The van der Waals surface area contributed by atoms with Crippen LogP contribution in [0.2, 0.25) is 0 Å². The average molecular weight is 306 g/mol. The number of pyridine rings is 1. The summed E-state index contributed by atoms with van der Waals surface area (Å²) in [6, 6.07) is 7.15. The van der Waals surface area contributed by atoms with Gasteiger partial charge in [0, 0.05) is 24.7 Å². The zero-order valence-corrected chi connectivity index (χ0v) is 12.7. The number of aromatic nitrogens is 1. The van der Waals surface area contributed by atoms with Crippen LogP contribution in [0.15, 0.2) is 35.4 Å². The van der Waals surface area contributed by atoms with E-state index in [2.05, 4.69) is 9.71 Å². The Morgan fingerprint density at radius 3 is 3.05 bits per heavy atom. The fourth-order valence-electron chi connectivity index (χ4n) is 2.51. The minimum Gasteiger partial charge on any atom is -0.381 e. The Labute approximate surface area is 124 Å². The first-order chi connectivity index (χ1) is 10.1. The van der Waals surface area contributed by atoms with Crippen molar-refractivity contribution >= 4 is 20.9 Å². The predicted molar refractivity (Wildman–Crippen MR) is 80.6 cm³/mol. The van der Waals surface area contributed by atoms with E-state index in [-0.39, 0.29) is 10.8 Å². The van der Waals surface area contributed by atoms with E-state index in [9.17, 15) is 8.42 Å². The third-order valence-corrected chi connectivity index (χ3v) is 5.14. The van der Waals surface area contributed by atoms with Crippen molar-refractivity contribution in [1.82, 2.24) is 9.71 Å². The average Bonchev–Trinajstić information content (AvgIpc) is 2.97. The highest BCUT2D eigenvalue weighted by Crippen LogP contribution is 2.22. The lowest BCUT2D eigenvalue weighted by atomic mass is 10.1. The minimum atomic E-state index is -3.56. The molecule has 2 heterocycles. The van der Waals surface area contributed by atoms with E-state index in [0.717, 1.165) is 17.4 Å². The maximum Gasteiger partial charge on any atom is 0.242 e. The van der Waals surface area contributed by atoms with Crippen LogP contribution in [-0.2, 0) is 14.8 Å². The molecule has 0 unspecified atom stereocenters. The molecule has 0 spiro atoms. The lowest BCUT2D eigenvalue weighted by Gasteiger charge is -2.12. The van der Waals surface area contributed by atoms with Crippen molar-refractivity contribution in [1.29, 1.82) is 0 Å². The number of sulfonamides is 1. The van der Waals surface area contributed by atoms with Crippen LogP contribution in [0.25, 0.3) is 10.9 Å². The van der Waals surface area contributed by atoms with E-state index >= 15 is 0 Å². The SMILES string of the molecule is Cc1cnc2c(S(=O)(=O)NC[C@@H]3CCOC3)cccc2c1. The number of aryl methyl sites for hydroxylation is 1. The van der Waals surface area contributed by atoms with Crippen LogP contribution < -0.4 is 4.72 Å². The van der Waals surface area contributed by atoms with E-state index in [0.29, 0.717) is 25.3 Å². The summed E-state index contributed by atoms with van der Waals surface area (Å²) in [5.41, 5.74) is 1.52. The fraction of sp³-hybridized carbons (Fsp3) is 0.400. The maximum atomic E-state index is 12.5. The molecule has 1 aliphatic heterocycles. The number of rotatable bonds is 4. The van der Waals surface area contributed by atoms with Gasteiger partial charge in [-0.2, -0.15) is 0 Å². The zero-order chi connectivity index (χ0) is 14.9. The summed E-state index contributed by atoms with van der Waals surface area (Å²) in [5.74, 6) is 0.255. The largest absolute Gasteiger partial charge is 0.381 e. The highest BCUT2D eigenvalue weighted by molar-refractivity contribution is 7.89. The van der Waals surface area contributed by atoms with Crippen LogP contribution in [-0.4, -0.2) is 33.2 Å². The van der Waals surface area contributed by atoms with Crippen LogP contribution in [0.4, 0.5) is 0 Å². The summed E-state index contributed by atoms with van der Waals surface area (Å²) >= 11 is 0. The molecule has 1 N–H and O–H groups in total. The zero-order valence-electron chi connectivity index (χ0n) is 11.9. The molecule has 0 saturated carbocycles. The van der Waals surface area contributed by atoms with Gasteiger partial charge in [0.1, 0.15) is 4.90 Å². The second kappa shape index (κ2) is 5.71. The molecule has 0 aliphatic carbocycles. The first-order valence-corrected chi connectivity index (χ1v) is 8.47. The number of nitrogens with one attached hydrogen (secondary N) is 1. The quantitative estimate of drug-likeness (QED) is 0.936. The van der Waals surface area contributed by atoms with E-state index in [1.165, 1.54) is 0 Å². The van der Waals surface area contributed by atoms with Gasteiger partial charge in [0.2, 0.25) is 10.0 Å². The molecule has 2 aromatic rings. The number of nitrogens with zero attached hydrogens (tertiary/aromatic N) is 1. The van der Waals surface area contributed by atoms with Gasteiger partial charge in [-0.05, 0) is 37.0 Å². The van der Waals surface area contributed by atoms with Crippen LogP contribution in [0.1, 0.15) is 12.0 Å². The molecule has 0 radical (unpaired) electrons. The number of hydrogen-bond acceptors (Lipinski definition) is 4. The Morgan fingerprint density at radius 2 is 2.29 bits per heavy atom. The molecule has 5 nitrogen and oxygen atoms in total. The van der Waals surface area contributed by atoms with Crippen LogP contribution in [0.3, 0.4) is 0 Å². The maximum absolute atomic E-state index is 12.5. The lowest BCUT2D eigenvalue weighted by molar-refractivity contribution is 0.186. The Balaban J connectivity index is 1.91. The summed E-state index contributed by atoms with van der Waals surface area (Å²) in [6.07, 6.45) is 2.58. The van der Waals surface area contributed by atoms with Gasteiger partial charge in [-0.1, -0.05) is 12.1 Å². The van der Waals surface area contributed by atoms with Crippen molar-refractivity contribution in [2.75, 3.05) is 19.8 Å². The van der Waals surface area contributed by atoms with Gasteiger partial charge < -0.3 is 4.74 Å². The Morgan fingerprint density at radius 1 is 1.43 bits per heavy atom. The summed E-state index contributed by atoms with van der Waals surface area (Å²) in [6.45, 7) is 3.67. The highest BCUT2D eigenvalue weighted by atomic mass is 32.2. The van der Waals surface area contributed by atoms with Gasteiger partial charge in [0.05, 0.1) is 12.1 Å². The second-order valence-corrected chi connectivity index (χ2v) is 7.16. The number of para-hydroxylation sites is 1. The third-order valence-electron chi connectivity index (χ3n) is 3.69. The van der Waals surface area contributed by atoms with Crippen molar-refractivity contribution < 1.29 is 13.2 Å². The van der Waals surface area contributed by atoms with Crippen molar-refractivity contribution in [2.45, 2.75) is 18.2 Å². The Hall–Kier alpha value is -1.50. The van der Waals surface area contributed by atoms with Crippen molar-refractivity contribution in [3.8, 4) is 0 Å². The highest BCUT2D eigenvalue weighted by Gasteiger charge is 2.22. The lowest BCUT2D eigenvalue weighted by Crippen LogP contribution is -2.29. The molecular formula is C15H18N2O3S. The molecular weight excluding hydrogens is 288 g/mol. The normalized spacial score (nSPS) is 19.2. The molecule has 1 atom stereocenters. The molecule has 1 fully saturated rings. The van der Waals surface area contributed by atoms with Gasteiger partial charge in [-0.25, -0.2) is 13.1 Å². The van der Waals surface area contributed by atoms with Gasteiger partial charge >= 0.3 is 0 Å². The van der Waals surface area contributed by atoms with Crippen molar-refractivity contribution in [3.05, 3.63) is 36.0 Å². The molecule has 1 aromatic heterocycles. The molecule has 112 valence electrons. The second-order valence-electron chi connectivity index (χ2n) is 5.42. The van der Waals surface area contributed by atoms with E-state index in [1.54, 1.807) is 18.3 Å². The molecule has 0 amide bonds. The van der Waals surface area contributed by atoms with Crippen molar-refractivity contribution in [2.24, 2.45) is 5.92 Å². The van der Waals surface area contributed by atoms with Crippen molar-refractivity contribution in [3.63, 3.8) is 0 Å². The third kappa shape index (κ3) is 3.07. The van der Waals surface area contributed by atoms with Gasteiger partial charge in [0.25, 0.3) is 0 Å². The van der Waals surface area contributed by atoms with Crippen LogP contribution in [0.5, 0.6) is 0 Å². The standard InChI is InChI=1S/C15H18N2O3S/c1-11-7-13-3-2-4-14(15(13)16-8-11)21(18,19)17-9-12-5-6-20-10-12/h2-4,7-8,12,17H,5-6,9-10H2,1H3/t12-/m0/s1. The summed E-state index contributed by atoms with van der Waals surface area (Å²) < 4.78 is 32.9. The summed E-state index contributed by atoms with van der Waals surface area (Å²) in [5, 5.41) is 0.835. The Kier molecular flexibility index (Phi) is 3.93. The minimum absolute atomic E-state index is 0.235. The molecule has 1 aliphatic rings. The van der Waals surface area contributed by atoms with E-state index in [4.69, 9.17) is 4.74 Å². The van der Waals surface area contributed by atoms with Crippen LogP contribution in [0, 0.1) is 12.8 Å². The molecule has 21 heavy (non-hydrogen) atoms. The topological polar surface area (TPSA) is 68.3 Å². The van der Waals surface area contributed by atoms with Gasteiger partial charge in [-0.3, -0.25) is 4.98 Å². The van der Waals surface area contributed by atoms with E-state index in [1.807, 2.05) is 19.1 Å². The predicted octanol–water partition coefficient (Wildman–Crippen LogP) is 1.86. The Bertz CT molecular complexity index is 753. The first kappa shape index (κ1) is 14.4.